The third-order valence-corrected chi connectivity index (χ3v) is 6.87. The molecule has 1 aliphatic heterocycles. The summed E-state index contributed by atoms with van der Waals surface area (Å²) in [5, 5.41) is 3.18. The lowest BCUT2D eigenvalue weighted by atomic mass is 10.1. The van der Waals surface area contributed by atoms with E-state index < -0.39 is 17.1 Å². The predicted octanol–water partition coefficient (Wildman–Crippen LogP) is 2.69. The van der Waals surface area contributed by atoms with Crippen LogP contribution < -0.4 is 21.5 Å². The number of rotatable bonds is 5. The normalized spacial score (nSPS) is 19.8. The SMILES string of the molecule is O=C(Cn1c(=O)n(C2CC2)c(=O)c2cc(F)c(N3CCCCC3)cc21)NC1CCCC1. The lowest BCUT2D eigenvalue weighted by Gasteiger charge is -2.29. The second kappa shape index (κ2) is 8.13. The lowest BCUT2D eigenvalue weighted by Crippen LogP contribution is -2.43. The van der Waals surface area contributed by atoms with Crippen LogP contribution in [0.1, 0.15) is 63.8 Å². The van der Waals surface area contributed by atoms with E-state index in [0.717, 1.165) is 70.9 Å². The number of nitrogens with zero attached hydrogens (tertiary/aromatic N) is 3. The van der Waals surface area contributed by atoms with Gasteiger partial charge in [0.25, 0.3) is 5.56 Å². The molecular weight excluding hydrogens is 399 g/mol. The van der Waals surface area contributed by atoms with Crippen molar-refractivity contribution < 1.29 is 9.18 Å². The average Bonchev–Trinajstić information content (AvgIpc) is 3.47. The standard InChI is InChI=1S/C23H29FN4O3/c24-18-12-17-19(13-20(18)26-10-4-1-5-11-26)27(14-21(29)25-15-6-2-3-7-15)23(31)28(22(17)30)16-8-9-16/h12-13,15-16H,1-11,14H2,(H,25,29). The highest BCUT2D eigenvalue weighted by Crippen LogP contribution is 2.33. The second-order valence-electron chi connectivity index (χ2n) is 9.19. The van der Waals surface area contributed by atoms with Crippen LogP contribution in [0.2, 0.25) is 0 Å². The molecule has 2 aromatic rings. The maximum absolute atomic E-state index is 15.0. The molecule has 7 nitrogen and oxygen atoms in total. The van der Waals surface area contributed by atoms with E-state index in [0.29, 0.717) is 11.2 Å². The molecule has 2 saturated carbocycles. The molecule has 0 bridgehead atoms. The molecule has 3 aliphatic rings. The predicted molar refractivity (Wildman–Crippen MR) is 117 cm³/mol. The van der Waals surface area contributed by atoms with E-state index >= 15 is 4.39 Å². The summed E-state index contributed by atoms with van der Waals surface area (Å²) < 4.78 is 17.6. The molecule has 0 unspecified atom stereocenters. The van der Waals surface area contributed by atoms with Gasteiger partial charge in [0.2, 0.25) is 5.91 Å². The summed E-state index contributed by atoms with van der Waals surface area (Å²) in [4.78, 5) is 41.1. The molecule has 2 aliphatic carbocycles. The van der Waals surface area contributed by atoms with Gasteiger partial charge >= 0.3 is 5.69 Å². The van der Waals surface area contributed by atoms with Crippen LogP contribution in [0, 0.1) is 5.82 Å². The largest absolute Gasteiger partial charge is 0.369 e. The van der Waals surface area contributed by atoms with Gasteiger partial charge in [-0.05, 0) is 57.1 Å². The van der Waals surface area contributed by atoms with Gasteiger partial charge in [0, 0.05) is 25.2 Å². The molecule has 1 N–H and O–H groups in total. The second-order valence-corrected chi connectivity index (χ2v) is 9.19. The Morgan fingerprint density at radius 3 is 2.39 bits per heavy atom. The van der Waals surface area contributed by atoms with Crippen LogP contribution in [-0.2, 0) is 11.3 Å². The topological polar surface area (TPSA) is 76.3 Å². The summed E-state index contributed by atoms with van der Waals surface area (Å²) in [5.74, 6) is -0.686. The molecule has 1 aromatic heterocycles. The summed E-state index contributed by atoms with van der Waals surface area (Å²) in [5.41, 5.74) is -0.188. The molecule has 31 heavy (non-hydrogen) atoms. The lowest BCUT2D eigenvalue weighted by molar-refractivity contribution is -0.122. The zero-order valence-corrected chi connectivity index (χ0v) is 17.7. The molecule has 2 heterocycles. The number of carbonyl (C=O) groups excluding carboxylic acids is 1. The molecule has 0 spiro atoms. The number of piperidine rings is 1. The number of hydrogen-bond donors (Lipinski definition) is 1. The fourth-order valence-corrected chi connectivity index (χ4v) is 5.07. The molecular formula is C23H29FN4O3. The average molecular weight is 429 g/mol. The number of benzene rings is 1. The van der Waals surface area contributed by atoms with Crippen molar-refractivity contribution in [3.63, 3.8) is 0 Å². The van der Waals surface area contributed by atoms with E-state index in [1.165, 1.54) is 15.2 Å². The summed E-state index contributed by atoms with van der Waals surface area (Å²) in [6, 6.07) is 2.84. The minimum absolute atomic E-state index is 0.144. The zero-order chi connectivity index (χ0) is 21.5. The number of fused-ring (bicyclic) bond motifs is 1. The van der Waals surface area contributed by atoms with Gasteiger partial charge in [0.05, 0.1) is 16.6 Å². The molecule has 1 saturated heterocycles. The molecule has 8 heteroatoms. The van der Waals surface area contributed by atoms with Crippen molar-refractivity contribution in [1.29, 1.82) is 0 Å². The minimum Gasteiger partial charge on any atom is -0.369 e. The van der Waals surface area contributed by atoms with E-state index in [2.05, 4.69) is 5.32 Å². The van der Waals surface area contributed by atoms with E-state index in [-0.39, 0.29) is 29.9 Å². The van der Waals surface area contributed by atoms with Gasteiger partial charge in [-0.25, -0.2) is 9.18 Å². The van der Waals surface area contributed by atoms with Crippen molar-refractivity contribution in [1.82, 2.24) is 14.5 Å². The Balaban J connectivity index is 1.60. The van der Waals surface area contributed by atoms with Crippen LogP contribution in [0.3, 0.4) is 0 Å². The van der Waals surface area contributed by atoms with Crippen molar-refractivity contribution in [2.45, 2.75) is 76.4 Å². The van der Waals surface area contributed by atoms with Crippen LogP contribution in [0.15, 0.2) is 21.7 Å². The van der Waals surface area contributed by atoms with Gasteiger partial charge in [-0.15, -0.1) is 0 Å². The van der Waals surface area contributed by atoms with Crippen LogP contribution >= 0.6 is 0 Å². The quantitative estimate of drug-likeness (QED) is 0.795. The Morgan fingerprint density at radius 1 is 1.00 bits per heavy atom. The number of carbonyl (C=O) groups is 1. The highest BCUT2D eigenvalue weighted by Gasteiger charge is 2.30. The number of nitrogens with one attached hydrogen (secondary N) is 1. The Bertz CT molecular complexity index is 1120. The van der Waals surface area contributed by atoms with Crippen LogP contribution in [0.4, 0.5) is 10.1 Å². The number of anilines is 1. The van der Waals surface area contributed by atoms with Crippen LogP contribution in [0.25, 0.3) is 10.9 Å². The zero-order valence-electron chi connectivity index (χ0n) is 17.7. The number of aromatic nitrogens is 2. The molecule has 166 valence electrons. The smallest absolute Gasteiger partial charge is 0.332 e. The van der Waals surface area contributed by atoms with Gasteiger partial charge in [-0.1, -0.05) is 12.8 Å². The number of hydrogen-bond acceptors (Lipinski definition) is 4. The highest BCUT2D eigenvalue weighted by atomic mass is 19.1. The fourth-order valence-electron chi connectivity index (χ4n) is 5.07. The van der Waals surface area contributed by atoms with Crippen molar-refractivity contribution in [3.8, 4) is 0 Å². The summed E-state index contributed by atoms with van der Waals surface area (Å²) in [6.07, 6.45) is 8.68. The third-order valence-electron chi connectivity index (χ3n) is 6.87. The van der Waals surface area contributed by atoms with E-state index in [9.17, 15) is 14.4 Å². The van der Waals surface area contributed by atoms with Gasteiger partial charge in [-0.3, -0.25) is 18.7 Å². The van der Waals surface area contributed by atoms with Crippen molar-refractivity contribution in [2.24, 2.45) is 0 Å². The van der Waals surface area contributed by atoms with Gasteiger partial charge in [-0.2, -0.15) is 0 Å². The van der Waals surface area contributed by atoms with Crippen LogP contribution in [-0.4, -0.2) is 34.2 Å². The molecule has 0 radical (unpaired) electrons. The minimum atomic E-state index is -0.474. The van der Waals surface area contributed by atoms with Gasteiger partial charge in [0.15, 0.2) is 0 Å². The first kappa shape index (κ1) is 20.3. The van der Waals surface area contributed by atoms with Gasteiger partial charge < -0.3 is 10.2 Å². The highest BCUT2D eigenvalue weighted by molar-refractivity contribution is 5.85. The van der Waals surface area contributed by atoms with E-state index in [4.69, 9.17) is 0 Å². The molecule has 5 rings (SSSR count). The van der Waals surface area contributed by atoms with Crippen molar-refractivity contribution >= 4 is 22.5 Å². The molecule has 1 amide bonds. The summed E-state index contributed by atoms with van der Waals surface area (Å²) in [6.45, 7) is 1.33. The van der Waals surface area contributed by atoms with Crippen molar-refractivity contribution in [2.75, 3.05) is 18.0 Å². The first-order valence-corrected chi connectivity index (χ1v) is 11.6. The molecule has 1 aromatic carbocycles. The van der Waals surface area contributed by atoms with Gasteiger partial charge in [0.1, 0.15) is 12.4 Å². The van der Waals surface area contributed by atoms with Crippen LogP contribution in [0.5, 0.6) is 0 Å². The van der Waals surface area contributed by atoms with E-state index in [1.54, 1.807) is 6.07 Å². The third kappa shape index (κ3) is 3.88. The maximum Gasteiger partial charge on any atom is 0.332 e. The first-order chi connectivity index (χ1) is 15.0. The maximum atomic E-state index is 15.0. The molecule has 3 fully saturated rings. The Hall–Kier alpha value is -2.64. The molecule has 0 atom stereocenters. The monoisotopic (exact) mass is 428 g/mol. The number of halogens is 1. The summed E-state index contributed by atoms with van der Waals surface area (Å²) in [7, 11) is 0. The van der Waals surface area contributed by atoms with E-state index in [1.807, 2.05) is 4.90 Å². The summed E-state index contributed by atoms with van der Waals surface area (Å²) >= 11 is 0. The van der Waals surface area contributed by atoms with Crippen molar-refractivity contribution in [3.05, 3.63) is 38.8 Å². The first-order valence-electron chi connectivity index (χ1n) is 11.6. The Kier molecular flexibility index (Phi) is 5.32. The Morgan fingerprint density at radius 2 is 1.71 bits per heavy atom. The number of amides is 1. The Labute approximate surface area is 179 Å². The fraction of sp³-hybridized carbons (Fsp3) is 0.609.